The van der Waals surface area contributed by atoms with Crippen LogP contribution in [0.4, 0.5) is 0 Å². The zero-order valence-corrected chi connectivity index (χ0v) is 33.9. The lowest BCUT2D eigenvalue weighted by molar-refractivity contribution is 1.07. The van der Waals surface area contributed by atoms with Crippen LogP contribution in [-0.4, -0.2) is 15.0 Å². The third-order valence-corrected chi connectivity index (χ3v) is 11.2. The zero-order chi connectivity index (χ0) is 41.0. The highest BCUT2D eigenvalue weighted by Crippen LogP contribution is 2.50. The molecule has 0 atom stereocenters. The highest BCUT2D eigenvalue weighted by atomic mass is 35.5. The summed E-state index contributed by atoms with van der Waals surface area (Å²) >= 11 is 6.44. The standard InChI is InChI=1S/C57H38ClN3/c58-49-34-18-33-48(37-49)57-60-55(43-27-14-5-15-28-43)59-56(61-57)47-32-17-30-45(36-47)44-29-16-31-46(35-44)51-38-50(39-19-6-1-7-20-39)52(40-21-8-2-9-22-40)54(42-25-12-4-13-26-42)53(51)41-23-10-3-11-24-41/h1-38H. The van der Waals surface area contributed by atoms with E-state index in [9.17, 15) is 0 Å². The third-order valence-electron chi connectivity index (χ3n) is 11.0. The van der Waals surface area contributed by atoms with Crippen molar-refractivity contribution < 1.29 is 0 Å². The van der Waals surface area contributed by atoms with Crippen molar-refractivity contribution in [1.82, 2.24) is 15.0 Å². The molecule has 288 valence electrons. The highest BCUT2D eigenvalue weighted by Gasteiger charge is 2.24. The summed E-state index contributed by atoms with van der Waals surface area (Å²) in [7, 11) is 0. The van der Waals surface area contributed by atoms with Gasteiger partial charge in [0.1, 0.15) is 0 Å². The largest absolute Gasteiger partial charge is 0.208 e. The van der Waals surface area contributed by atoms with Crippen molar-refractivity contribution >= 4 is 11.6 Å². The lowest BCUT2D eigenvalue weighted by Gasteiger charge is -2.24. The van der Waals surface area contributed by atoms with Gasteiger partial charge in [0.15, 0.2) is 17.5 Å². The Morgan fingerprint density at radius 1 is 0.230 bits per heavy atom. The molecule has 0 amide bonds. The van der Waals surface area contributed by atoms with Crippen LogP contribution in [0.1, 0.15) is 0 Å². The van der Waals surface area contributed by atoms with Crippen molar-refractivity contribution in [2.45, 2.75) is 0 Å². The summed E-state index contributed by atoms with van der Waals surface area (Å²) in [5.74, 6) is 1.75. The van der Waals surface area contributed by atoms with Crippen LogP contribution in [0.3, 0.4) is 0 Å². The highest BCUT2D eigenvalue weighted by molar-refractivity contribution is 6.30. The molecule has 3 nitrogen and oxygen atoms in total. The molecular formula is C57H38ClN3. The summed E-state index contributed by atoms with van der Waals surface area (Å²) in [6.45, 7) is 0. The normalized spacial score (nSPS) is 11.0. The van der Waals surface area contributed by atoms with E-state index in [1.54, 1.807) is 0 Å². The lowest BCUT2D eigenvalue weighted by Crippen LogP contribution is -2.00. The molecule has 4 heteroatoms. The number of halogens is 1. The quantitative estimate of drug-likeness (QED) is 0.146. The first-order valence-corrected chi connectivity index (χ1v) is 20.8. The first kappa shape index (κ1) is 37.5. The van der Waals surface area contributed by atoms with E-state index in [1.807, 2.05) is 54.6 Å². The minimum Gasteiger partial charge on any atom is -0.208 e. The molecule has 0 aliphatic heterocycles. The zero-order valence-electron chi connectivity index (χ0n) is 33.2. The first-order chi connectivity index (χ1) is 30.2. The Hall–Kier alpha value is -7.72. The average molecular weight is 800 g/mol. The van der Waals surface area contributed by atoms with Crippen LogP contribution < -0.4 is 0 Å². The van der Waals surface area contributed by atoms with Gasteiger partial charge >= 0.3 is 0 Å². The van der Waals surface area contributed by atoms with Crippen LogP contribution in [0, 0.1) is 0 Å². The van der Waals surface area contributed by atoms with Crippen LogP contribution in [0.15, 0.2) is 231 Å². The fourth-order valence-electron chi connectivity index (χ4n) is 8.14. The Kier molecular flexibility index (Phi) is 10.4. The van der Waals surface area contributed by atoms with Gasteiger partial charge in [-0.25, -0.2) is 15.0 Å². The van der Waals surface area contributed by atoms with Gasteiger partial charge in [0.2, 0.25) is 0 Å². The molecule has 0 radical (unpaired) electrons. The van der Waals surface area contributed by atoms with Gasteiger partial charge in [0, 0.05) is 21.7 Å². The summed E-state index contributed by atoms with van der Waals surface area (Å²) in [6.07, 6.45) is 0. The van der Waals surface area contributed by atoms with Gasteiger partial charge in [-0.15, -0.1) is 0 Å². The van der Waals surface area contributed by atoms with E-state index in [1.165, 1.54) is 27.8 Å². The smallest absolute Gasteiger partial charge is 0.164 e. The Morgan fingerprint density at radius 2 is 0.557 bits per heavy atom. The number of hydrogen-bond donors (Lipinski definition) is 0. The van der Waals surface area contributed by atoms with Crippen LogP contribution >= 0.6 is 11.6 Å². The second-order valence-corrected chi connectivity index (χ2v) is 15.3. The molecule has 10 aromatic rings. The van der Waals surface area contributed by atoms with Crippen molar-refractivity contribution in [1.29, 1.82) is 0 Å². The van der Waals surface area contributed by atoms with Crippen LogP contribution in [0.25, 0.3) is 101 Å². The van der Waals surface area contributed by atoms with Gasteiger partial charge in [0.05, 0.1) is 0 Å². The van der Waals surface area contributed by atoms with Gasteiger partial charge in [-0.3, -0.25) is 0 Å². The predicted octanol–water partition coefficient (Wildman–Crippen LogP) is 15.5. The van der Waals surface area contributed by atoms with Gasteiger partial charge < -0.3 is 0 Å². The Bertz CT molecular complexity index is 3120. The molecule has 0 spiro atoms. The third kappa shape index (κ3) is 7.79. The SMILES string of the molecule is Clc1cccc(-c2nc(-c3ccccc3)nc(-c3cccc(-c4cccc(-c5cc(-c6ccccc6)c(-c6ccccc6)c(-c6ccccc6)c5-c5ccccc5)c4)c3)n2)c1. The number of benzene rings is 9. The summed E-state index contributed by atoms with van der Waals surface area (Å²) in [5.41, 5.74) is 16.4. The van der Waals surface area contributed by atoms with Gasteiger partial charge in [-0.2, -0.15) is 0 Å². The lowest BCUT2D eigenvalue weighted by atomic mass is 9.78. The second-order valence-electron chi connectivity index (χ2n) is 14.9. The predicted molar refractivity (Wildman–Crippen MR) is 254 cm³/mol. The van der Waals surface area contributed by atoms with Crippen LogP contribution in [-0.2, 0) is 0 Å². The minimum absolute atomic E-state index is 0.564. The van der Waals surface area contributed by atoms with E-state index in [0.29, 0.717) is 22.5 Å². The fourth-order valence-corrected chi connectivity index (χ4v) is 8.33. The van der Waals surface area contributed by atoms with Crippen molar-refractivity contribution in [3.05, 3.63) is 236 Å². The van der Waals surface area contributed by atoms with Crippen molar-refractivity contribution in [2.24, 2.45) is 0 Å². The summed E-state index contributed by atoms with van der Waals surface area (Å²) in [5, 5.41) is 0.625. The number of nitrogens with zero attached hydrogens (tertiary/aromatic N) is 3. The minimum atomic E-state index is 0.564. The monoisotopic (exact) mass is 799 g/mol. The summed E-state index contributed by atoms with van der Waals surface area (Å²) in [4.78, 5) is 14.9. The number of hydrogen-bond acceptors (Lipinski definition) is 3. The maximum atomic E-state index is 6.44. The first-order valence-electron chi connectivity index (χ1n) is 20.4. The Morgan fingerprint density at radius 3 is 1.05 bits per heavy atom. The number of aromatic nitrogens is 3. The molecule has 10 rings (SSSR count). The molecule has 0 aliphatic carbocycles. The fraction of sp³-hybridized carbons (Fsp3) is 0. The summed E-state index contributed by atoms with van der Waals surface area (Å²) in [6, 6.07) is 80.6. The maximum absolute atomic E-state index is 6.44. The van der Waals surface area contributed by atoms with Crippen molar-refractivity contribution in [3.63, 3.8) is 0 Å². The molecular weight excluding hydrogens is 762 g/mol. The van der Waals surface area contributed by atoms with Gasteiger partial charge in [-0.1, -0.05) is 212 Å². The van der Waals surface area contributed by atoms with Gasteiger partial charge in [0.25, 0.3) is 0 Å². The molecule has 1 heterocycles. The molecule has 0 unspecified atom stereocenters. The van der Waals surface area contributed by atoms with Gasteiger partial charge in [-0.05, 0) is 97.1 Å². The number of rotatable bonds is 9. The molecule has 0 fully saturated rings. The summed E-state index contributed by atoms with van der Waals surface area (Å²) < 4.78 is 0. The molecule has 0 saturated heterocycles. The van der Waals surface area contributed by atoms with Crippen LogP contribution in [0.5, 0.6) is 0 Å². The van der Waals surface area contributed by atoms with E-state index in [2.05, 4.69) is 176 Å². The second kappa shape index (κ2) is 16.9. The Labute approximate surface area is 361 Å². The van der Waals surface area contributed by atoms with E-state index < -0.39 is 0 Å². The van der Waals surface area contributed by atoms with E-state index >= 15 is 0 Å². The molecule has 9 aromatic carbocycles. The molecule has 0 N–H and O–H groups in total. The van der Waals surface area contributed by atoms with E-state index in [0.717, 1.165) is 55.6 Å². The maximum Gasteiger partial charge on any atom is 0.164 e. The van der Waals surface area contributed by atoms with Crippen molar-refractivity contribution in [3.8, 4) is 101 Å². The molecule has 0 saturated carbocycles. The topological polar surface area (TPSA) is 38.7 Å². The molecule has 0 aliphatic rings. The van der Waals surface area contributed by atoms with Crippen LogP contribution in [0.2, 0.25) is 5.02 Å². The Balaban J connectivity index is 1.18. The molecule has 0 bridgehead atoms. The molecule has 1 aromatic heterocycles. The van der Waals surface area contributed by atoms with E-state index in [4.69, 9.17) is 26.6 Å². The van der Waals surface area contributed by atoms with Crippen molar-refractivity contribution in [2.75, 3.05) is 0 Å². The molecule has 61 heavy (non-hydrogen) atoms. The average Bonchev–Trinajstić information content (AvgIpc) is 3.34. The van der Waals surface area contributed by atoms with E-state index in [-0.39, 0.29) is 0 Å².